The molecule has 0 unspecified atom stereocenters. The fourth-order valence-electron chi connectivity index (χ4n) is 1.39. The zero-order chi connectivity index (χ0) is 11.2. The summed E-state index contributed by atoms with van der Waals surface area (Å²) < 4.78 is 5.34. The molecule has 86 valence electrons. The van der Waals surface area contributed by atoms with Crippen LogP contribution in [-0.2, 0) is 19.6 Å². The predicted octanol–water partition coefficient (Wildman–Crippen LogP) is 1.56. The van der Waals surface area contributed by atoms with Crippen LogP contribution in [0.3, 0.4) is 0 Å². The van der Waals surface area contributed by atoms with Crippen LogP contribution in [0.25, 0.3) is 0 Å². The fraction of sp³-hybridized carbons (Fsp3) is 0.364. The third-order valence-electron chi connectivity index (χ3n) is 2.17. The van der Waals surface area contributed by atoms with Gasteiger partial charge in [0.05, 0.1) is 11.6 Å². The SMILES string of the molecule is OCc1ccc(CNCCc2nccs2)o1. The van der Waals surface area contributed by atoms with Crippen LogP contribution in [0.15, 0.2) is 28.1 Å². The highest BCUT2D eigenvalue weighted by Gasteiger charge is 2.00. The van der Waals surface area contributed by atoms with E-state index in [-0.39, 0.29) is 6.61 Å². The van der Waals surface area contributed by atoms with Crippen molar-refractivity contribution in [1.82, 2.24) is 10.3 Å². The van der Waals surface area contributed by atoms with E-state index < -0.39 is 0 Å². The second-order valence-electron chi connectivity index (χ2n) is 3.38. The smallest absolute Gasteiger partial charge is 0.129 e. The van der Waals surface area contributed by atoms with E-state index in [2.05, 4.69) is 10.3 Å². The topological polar surface area (TPSA) is 58.3 Å². The first-order chi connectivity index (χ1) is 7.88. The third-order valence-corrected chi connectivity index (χ3v) is 3.01. The van der Waals surface area contributed by atoms with E-state index in [1.165, 1.54) is 0 Å². The molecule has 0 aromatic carbocycles. The molecule has 0 fully saturated rings. The molecule has 0 bridgehead atoms. The molecule has 2 aromatic heterocycles. The first-order valence-corrected chi connectivity index (χ1v) is 6.04. The van der Waals surface area contributed by atoms with E-state index in [1.54, 1.807) is 17.4 Å². The van der Waals surface area contributed by atoms with Crippen LogP contribution >= 0.6 is 11.3 Å². The lowest BCUT2D eigenvalue weighted by molar-refractivity contribution is 0.243. The van der Waals surface area contributed by atoms with E-state index >= 15 is 0 Å². The molecule has 0 aliphatic heterocycles. The fourth-order valence-corrected chi connectivity index (χ4v) is 2.01. The molecule has 0 radical (unpaired) electrons. The van der Waals surface area contributed by atoms with Crippen molar-refractivity contribution in [3.63, 3.8) is 0 Å². The first kappa shape index (κ1) is 11.3. The lowest BCUT2D eigenvalue weighted by Crippen LogP contribution is -2.16. The average molecular weight is 238 g/mol. The molecular formula is C11H14N2O2S. The summed E-state index contributed by atoms with van der Waals surface area (Å²) in [5.74, 6) is 1.46. The monoisotopic (exact) mass is 238 g/mol. The summed E-state index contributed by atoms with van der Waals surface area (Å²) >= 11 is 1.67. The van der Waals surface area contributed by atoms with Gasteiger partial charge in [0, 0.05) is 24.5 Å². The Labute approximate surface area is 97.9 Å². The predicted molar refractivity (Wildman–Crippen MR) is 62.2 cm³/mol. The van der Waals surface area contributed by atoms with E-state index in [4.69, 9.17) is 9.52 Å². The number of nitrogens with one attached hydrogen (secondary N) is 1. The molecule has 0 spiro atoms. The molecule has 2 rings (SSSR count). The standard InChI is InChI=1S/C11H14N2O2S/c14-8-10-2-1-9(15-10)7-12-4-3-11-13-5-6-16-11/h1-2,5-6,12,14H,3-4,7-8H2. The molecule has 16 heavy (non-hydrogen) atoms. The number of hydrogen-bond donors (Lipinski definition) is 2. The molecule has 5 heteroatoms. The highest BCUT2D eigenvalue weighted by molar-refractivity contribution is 7.09. The maximum Gasteiger partial charge on any atom is 0.129 e. The summed E-state index contributed by atoms with van der Waals surface area (Å²) in [6.07, 6.45) is 2.76. The van der Waals surface area contributed by atoms with E-state index in [0.717, 1.165) is 23.7 Å². The van der Waals surface area contributed by atoms with Crippen LogP contribution in [0.1, 0.15) is 16.5 Å². The minimum Gasteiger partial charge on any atom is -0.462 e. The van der Waals surface area contributed by atoms with Crippen LogP contribution in [-0.4, -0.2) is 16.6 Å². The Balaban J connectivity index is 1.68. The number of nitrogens with zero attached hydrogens (tertiary/aromatic N) is 1. The zero-order valence-electron chi connectivity index (χ0n) is 8.85. The highest BCUT2D eigenvalue weighted by atomic mass is 32.1. The maximum atomic E-state index is 8.83. The number of aliphatic hydroxyl groups excluding tert-OH is 1. The van der Waals surface area contributed by atoms with Gasteiger partial charge in [0.15, 0.2) is 0 Å². The number of aromatic nitrogens is 1. The lowest BCUT2D eigenvalue weighted by atomic mass is 10.4. The Hall–Kier alpha value is -1.17. The van der Waals surface area contributed by atoms with Gasteiger partial charge < -0.3 is 14.8 Å². The largest absolute Gasteiger partial charge is 0.462 e. The second kappa shape index (κ2) is 5.79. The Kier molecular flexibility index (Phi) is 4.10. The van der Waals surface area contributed by atoms with E-state index in [9.17, 15) is 0 Å². The van der Waals surface area contributed by atoms with Gasteiger partial charge in [-0.2, -0.15) is 0 Å². The van der Waals surface area contributed by atoms with Crippen LogP contribution in [0, 0.1) is 0 Å². The van der Waals surface area contributed by atoms with Gasteiger partial charge in [0.25, 0.3) is 0 Å². The Morgan fingerprint density at radius 2 is 2.25 bits per heavy atom. The quantitative estimate of drug-likeness (QED) is 0.750. The van der Waals surface area contributed by atoms with Crippen LogP contribution in [0.5, 0.6) is 0 Å². The molecule has 2 aromatic rings. The van der Waals surface area contributed by atoms with Gasteiger partial charge in [-0.3, -0.25) is 0 Å². The number of furan rings is 1. The third kappa shape index (κ3) is 3.16. The minimum atomic E-state index is -0.0425. The van der Waals surface area contributed by atoms with Crippen molar-refractivity contribution in [3.05, 3.63) is 40.2 Å². The van der Waals surface area contributed by atoms with Gasteiger partial charge in [-0.1, -0.05) is 0 Å². The molecular weight excluding hydrogens is 224 g/mol. The molecule has 0 atom stereocenters. The van der Waals surface area contributed by atoms with Gasteiger partial charge in [0.1, 0.15) is 18.1 Å². The van der Waals surface area contributed by atoms with Gasteiger partial charge >= 0.3 is 0 Å². The minimum absolute atomic E-state index is 0.0425. The first-order valence-electron chi connectivity index (χ1n) is 5.16. The zero-order valence-corrected chi connectivity index (χ0v) is 9.67. The van der Waals surface area contributed by atoms with Crippen LogP contribution < -0.4 is 5.32 Å². The molecule has 0 amide bonds. The van der Waals surface area contributed by atoms with Crippen LogP contribution in [0.2, 0.25) is 0 Å². The lowest BCUT2D eigenvalue weighted by Gasteiger charge is -2.00. The number of rotatable bonds is 6. The Bertz CT molecular complexity index is 411. The number of aliphatic hydroxyl groups is 1. The molecule has 4 nitrogen and oxygen atoms in total. The number of thiazole rings is 1. The Morgan fingerprint density at radius 3 is 2.94 bits per heavy atom. The summed E-state index contributed by atoms with van der Waals surface area (Å²) in [5.41, 5.74) is 0. The van der Waals surface area contributed by atoms with Gasteiger partial charge in [0.2, 0.25) is 0 Å². The van der Waals surface area contributed by atoms with Crippen molar-refractivity contribution in [2.45, 2.75) is 19.6 Å². The number of hydrogen-bond acceptors (Lipinski definition) is 5. The maximum absolute atomic E-state index is 8.83. The van der Waals surface area contributed by atoms with Gasteiger partial charge in [-0.15, -0.1) is 11.3 Å². The summed E-state index contributed by atoms with van der Waals surface area (Å²) in [7, 11) is 0. The highest BCUT2D eigenvalue weighted by Crippen LogP contribution is 2.07. The van der Waals surface area contributed by atoms with Gasteiger partial charge in [-0.25, -0.2) is 4.98 Å². The van der Waals surface area contributed by atoms with E-state index in [1.807, 2.05) is 17.6 Å². The molecule has 2 N–H and O–H groups in total. The van der Waals surface area contributed by atoms with Crippen LogP contribution in [0.4, 0.5) is 0 Å². The molecule has 0 aliphatic rings. The van der Waals surface area contributed by atoms with Crippen molar-refractivity contribution < 1.29 is 9.52 Å². The van der Waals surface area contributed by atoms with Crippen molar-refractivity contribution in [2.75, 3.05) is 6.54 Å². The molecule has 0 aliphatic carbocycles. The summed E-state index contributed by atoms with van der Waals surface area (Å²) in [6, 6.07) is 3.67. The summed E-state index contributed by atoms with van der Waals surface area (Å²) in [6.45, 7) is 1.52. The summed E-state index contributed by atoms with van der Waals surface area (Å²) in [4.78, 5) is 4.20. The van der Waals surface area contributed by atoms with Crippen molar-refractivity contribution in [1.29, 1.82) is 0 Å². The average Bonchev–Trinajstić information content (AvgIpc) is 2.95. The van der Waals surface area contributed by atoms with Crippen molar-refractivity contribution >= 4 is 11.3 Å². The second-order valence-corrected chi connectivity index (χ2v) is 4.36. The van der Waals surface area contributed by atoms with E-state index in [0.29, 0.717) is 12.3 Å². The van der Waals surface area contributed by atoms with Gasteiger partial charge in [-0.05, 0) is 12.1 Å². The molecule has 2 heterocycles. The Morgan fingerprint density at radius 1 is 1.38 bits per heavy atom. The summed E-state index contributed by atoms with van der Waals surface area (Å²) in [5, 5.41) is 15.2. The van der Waals surface area contributed by atoms with Crippen molar-refractivity contribution in [3.8, 4) is 0 Å². The molecule has 0 saturated carbocycles. The van der Waals surface area contributed by atoms with Crippen molar-refractivity contribution in [2.24, 2.45) is 0 Å². The normalized spacial score (nSPS) is 10.8. The molecule has 0 saturated heterocycles.